The minimum Gasteiger partial charge on any atom is -0.491 e. The standard InChI is InChI=1S/C26H30FN3O3/c1-4-28-13-15-29(16-14-28)24-23(19-9-11-21(12-10-19)33-18(2)3)25(31)30(26(24)32)17-20-7-5-6-8-22(20)27/h5-12,18H,4,13-17H2,1-3H3. The first-order valence-corrected chi connectivity index (χ1v) is 11.5. The average Bonchev–Trinajstić information content (AvgIpc) is 3.05. The molecule has 2 aliphatic heterocycles. The van der Waals surface area contributed by atoms with Crippen LogP contribution in [-0.4, -0.2) is 65.3 Å². The number of amides is 2. The van der Waals surface area contributed by atoms with Crippen molar-refractivity contribution < 1.29 is 18.7 Å². The molecule has 0 bridgehead atoms. The van der Waals surface area contributed by atoms with E-state index in [1.165, 1.54) is 6.07 Å². The summed E-state index contributed by atoms with van der Waals surface area (Å²) in [5.41, 5.74) is 1.76. The van der Waals surface area contributed by atoms with Crippen LogP contribution in [0.15, 0.2) is 54.2 Å². The Balaban J connectivity index is 1.69. The number of carbonyl (C=O) groups is 2. The monoisotopic (exact) mass is 451 g/mol. The van der Waals surface area contributed by atoms with Gasteiger partial charge in [0, 0.05) is 31.7 Å². The first-order chi connectivity index (χ1) is 15.9. The van der Waals surface area contributed by atoms with Crippen LogP contribution in [0.2, 0.25) is 0 Å². The van der Waals surface area contributed by atoms with Crippen LogP contribution in [0.25, 0.3) is 5.57 Å². The van der Waals surface area contributed by atoms with Gasteiger partial charge in [0.2, 0.25) is 0 Å². The van der Waals surface area contributed by atoms with Crippen molar-refractivity contribution in [2.24, 2.45) is 0 Å². The normalized spacial score (nSPS) is 17.5. The zero-order chi connectivity index (χ0) is 23.5. The number of hydrogen-bond donors (Lipinski definition) is 0. The molecule has 0 atom stereocenters. The molecule has 2 aliphatic rings. The molecule has 2 amide bonds. The van der Waals surface area contributed by atoms with Gasteiger partial charge in [0.1, 0.15) is 17.3 Å². The molecule has 0 aliphatic carbocycles. The summed E-state index contributed by atoms with van der Waals surface area (Å²) < 4.78 is 20.0. The fraction of sp³-hybridized carbons (Fsp3) is 0.385. The van der Waals surface area contributed by atoms with Gasteiger partial charge in [-0.25, -0.2) is 4.39 Å². The molecule has 1 saturated heterocycles. The van der Waals surface area contributed by atoms with Crippen molar-refractivity contribution in [1.82, 2.24) is 14.7 Å². The molecule has 4 rings (SSSR count). The number of carbonyl (C=O) groups excluding carboxylic acids is 2. The zero-order valence-electron chi connectivity index (χ0n) is 19.4. The number of benzene rings is 2. The van der Waals surface area contributed by atoms with Crippen LogP contribution in [-0.2, 0) is 16.1 Å². The number of piperazine rings is 1. The van der Waals surface area contributed by atoms with Crippen molar-refractivity contribution in [1.29, 1.82) is 0 Å². The van der Waals surface area contributed by atoms with E-state index < -0.39 is 11.7 Å². The highest BCUT2D eigenvalue weighted by molar-refractivity contribution is 6.35. The second kappa shape index (κ2) is 9.75. The first-order valence-electron chi connectivity index (χ1n) is 11.5. The van der Waals surface area contributed by atoms with Crippen LogP contribution >= 0.6 is 0 Å². The van der Waals surface area contributed by atoms with Crippen molar-refractivity contribution in [3.05, 3.63) is 71.2 Å². The van der Waals surface area contributed by atoms with Crippen molar-refractivity contribution in [3.63, 3.8) is 0 Å². The largest absolute Gasteiger partial charge is 0.491 e. The number of nitrogens with zero attached hydrogens (tertiary/aromatic N) is 3. The number of imide groups is 1. The van der Waals surface area contributed by atoms with E-state index in [2.05, 4.69) is 11.8 Å². The van der Waals surface area contributed by atoms with Gasteiger partial charge in [-0.1, -0.05) is 37.3 Å². The molecule has 2 aromatic rings. The van der Waals surface area contributed by atoms with Crippen LogP contribution in [0.3, 0.4) is 0 Å². The van der Waals surface area contributed by atoms with Crippen LogP contribution < -0.4 is 4.74 Å². The summed E-state index contributed by atoms with van der Waals surface area (Å²) >= 11 is 0. The quantitative estimate of drug-likeness (QED) is 0.603. The van der Waals surface area contributed by atoms with Gasteiger partial charge < -0.3 is 14.5 Å². The lowest BCUT2D eigenvalue weighted by atomic mass is 10.0. The molecular formula is C26H30FN3O3. The predicted octanol–water partition coefficient (Wildman–Crippen LogP) is 3.53. The van der Waals surface area contributed by atoms with E-state index in [1.807, 2.05) is 43.0 Å². The highest BCUT2D eigenvalue weighted by Gasteiger charge is 2.42. The minimum atomic E-state index is -0.431. The molecule has 33 heavy (non-hydrogen) atoms. The molecule has 0 unspecified atom stereocenters. The molecule has 1 fully saturated rings. The topological polar surface area (TPSA) is 53.1 Å². The Hall–Kier alpha value is -3.19. The summed E-state index contributed by atoms with van der Waals surface area (Å²) in [6, 6.07) is 13.5. The number of halogens is 1. The summed E-state index contributed by atoms with van der Waals surface area (Å²) in [5.74, 6) is -0.494. The van der Waals surface area contributed by atoms with Crippen molar-refractivity contribution in [2.45, 2.75) is 33.4 Å². The average molecular weight is 452 g/mol. The maximum absolute atomic E-state index is 14.3. The smallest absolute Gasteiger partial charge is 0.278 e. The van der Waals surface area contributed by atoms with Gasteiger partial charge in [0.15, 0.2) is 0 Å². The molecule has 0 radical (unpaired) electrons. The van der Waals surface area contributed by atoms with E-state index in [4.69, 9.17) is 4.74 Å². The van der Waals surface area contributed by atoms with Gasteiger partial charge in [0.05, 0.1) is 18.2 Å². The fourth-order valence-corrected chi connectivity index (χ4v) is 4.32. The predicted molar refractivity (Wildman–Crippen MR) is 125 cm³/mol. The Kier molecular flexibility index (Phi) is 6.79. The molecular weight excluding hydrogens is 421 g/mol. The Morgan fingerprint density at radius 1 is 0.939 bits per heavy atom. The van der Waals surface area contributed by atoms with Crippen molar-refractivity contribution in [2.75, 3.05) is 32.7 Å². The zero-order valence-corrected chi connectivity index (χ0v) is 19.4. The lowest BCUT2D eigenvalue weighted by Crippen LogP contribution is -2.47. The van der Waals surface area contributed by atoms with E-state index in [0.717, 1.165) is 24.5 Å². The molecule has 6 nitrogen and oxygen atoms in total. The molecule has 0 aromatic heterocycles. The third-order valence-electron chi connectivity index (χ3n) is 6.08. The fourth-order valence-electron chi connectivity index (χ4n) is 4.32. The van der Waals surface area contributed by atoms with Gasteiger partial charge in [-0.05, 0) is 44.2 Å². The lowest BCUT2D eigenvalue weighted by molar-refractivity contribution is -0.138. The lowest BCUT2D eigenvalue weighted by Gasteiger charge is -2.36. The molecule has 2 heterocycles. The second-order valence-corrected chi connectivity index (χ2v) is 8.62. The van der Waals surface area contributed by atoms with Crippen LogP contribution in [0.5, 0.6) is 5.75 Å². The second-order valence-electron chi connectivity index (χ2n) is 8.62. The molecule has 0 spiro atoms. The summed E-state index contributed by atoms with van der Waals surface area (Å²) in [6.45, 7) is 9.83. The third kappa shape index (κ3) is 4.78. The molecule has 7 heteroatoms. The van der Waals surface area contributed by atoms with E-state index >= 15 is 0 Å². The number of hydrogen-bond acceptors (Lipinski definition) is 5. The van der Waals surface area contributed by atoms with Gasteiger partial charge in [-0.2, -0.15) is 0 Å². The first kappa shape index (κ1) is 23.0. The third-order valence-corrected chi connectivity index (χ3v) is 6.08. The van der Waals surface area contributed by atoms with Gasteiger partial charge in [0.25, 0.3) is 11.8 Å². The SMILES string of the molecule is CCN1CCN(C2=C(c3ccc(OC(C)C)cc3)C(=O)N(Cc3ccccc3F)C2=O)CC1. The Morgan fingerprint density at radius 2 is 1.61 bits per heavy atom. The molecule has 0 N–H and O–H groups in total. The van der Waals surface area contributed by atoms with Crippen LogP contribution in [0.1, 0.15) is 31.9 Å². The number of likely N-dealkylation sites (N-methyl/N-ethyl adjacent to an activating group) is 1. The van der Waals surface area contributed by atoms with E-state index in [1.54, 1.807) is 18.2 Å². The maximum atomic E-state index is 14.3. The van der Waals surface area contributed by atoms with Crippen molar-refractivity contribution in [3.8, 4) is 5.75 Å². The maximum Gasteiger partial charge on any atom is 0.278 e. The minimum absolute atomic E-state index is 0.0337. The van der Waals surface area contributed by atoms with Crippen LogP contribution in [0, 0.1) is 5.82 Å². The molecule has 174 valence electrons. The van der Waals surface area contributed by atoms with Crippen molar-refractivity contribution >= 4 is 17.4 Å². The number of rotatable bonds is 7. The highest BCUT2D eigenvalue weighted by atomic mass is 19.1. The summed E-state index contributed by atoms with van der Waals surface area (Å²) in [5, 5.41) is 0. The summed E-state index contributed by atoms with van der Waals surface area (Å²) in [6.07, 6.45) is 0.0337. The van der Waals surface area contributed by atoms with E-state index in [-0.39, 0.29) is 18.6 Å². The van der Waals surface area contributed by atoms with Gasteiger partial charge >= 0.3 is 0 Å². The molecule has 2 aromatic carbocycles. The van der Waals surface area contributed by atoms with E-state index in [0.29, 0.717) is 41.2 Å². The van der Waals surface area contributed by atoms with Gasteiger partial charge in [-0.15, -0.1) is 0 Å². The highest BCUT2D eigenvalue weighted by Crippen LogP contribution is 2.34. The van der Waals surface area contributed by atoms with E-state index in [9.17, 15) is 14.0 Å². The number of ether oxygens (including phenoxy) is 1. The Labute approximate surface area is 194 Å². The summed E-state index contributed by atoms with van der Waals surface area (Å²) in [7, 11) is 0. The Morgan fingerprint density at radius 3 is 2.21 bits per heavy atom. The summed E-state index contributed by atoms with van der Waals surface area (Å²) in [4.78, 5) is 32.5. The van der Waals surface area contributed by atoms with Crippen LogP contribution in [0.4, 0.5) is 4.39 Å². The Bertz CT molecular complexity index is 1060. The molecule has 0 saturated carbocycles. The van der Waals surface area contributed by atoms with Gasteiger partial charge in [-0.3, -0.25) is 14.5 Å².